The van der Waals surface area contributed by atoms with Gasteiger partial charge in [0, 0.05) is 25.4 Å². The first-order valence-corrected chi connectivity index (χ1v) is 13.3. The highest BCUT2D eigenvalue weighted by molar-refractivity contribution is 5.21. The Morgan fingerprint density at radius 3 is 2.43 bits per heavy atom. The molecular weight excluding hydrogens is 496 g/mol. The first-order valence-electron chi connectivity index (χ1n) is 13.3. The number of hydrogen-bond donors (Lipinski definition) is 0. The van der Waals surface area contributed by atoms with E-state index in [1.165, 1.54) is 12.3 Å². The topological polar surface area (TPSA) is 31.4 Å². The van der Waals surface area contributed by atoms with E-state index in [1.54, 1.807) is 6.08 Å². The molecule has 208 valence electrons. The van der Waals surface area contributed by atoms with Crippen molar-refractivity contribution in [3.8, 4) is 0 Å². The summed E-state index contributed by atoms with van der Waals surface area (Å²) in [5.41, 5.74) is -0.673. The maximum absolute atomic E-state index is 13.0. The molecule has 2 aliphatic carbocycles. The van der Waals surface area contributed by atoms with Crippen LogP contribution in [0.5, 0.6) is 0 Å². The molecule has 0 radical (unpaired) electrons. The van der Waals surface area contributed by atoms with E-state index in [2.05, 4.69) is 9.72 Å². The summed E-state index contributed by atoms with van der Waals surface area (Å²) in [6.07, 6.45) is 6.65. The van der Waals surface area contributed by atoms with Crippen LogP contribution >= 0.6 is 0 Å². The zero-order chi connectivity index (χ0) is 27.2. The minimum atomic E-state index is -4.73. The van der Waals surface area contributed by atoms with Gasteiger partial charge in [0.25, 0.3) is 0 Å². The van der Waals surface area contributed by atoms with Gasteiger partial charge in [-0.2, -0.15) is 13.2 Å². The number of aromatic nitrogens is 1. The molecule has 0 bridgehead atoms. The van der Waals surface area contributed by atoms with Gasteiger partial charge in [0.05, 0.1) is 11.2 Å². The largest absolute Gasteiger partial charge is 0.572 e. The van der Waals surface area contributed by atoms with Gasteiger partial charge in [0.15, 0.2) is 0 Å². The Morgan fingerprint density at radius 2 is 1.76 bits per heavy atom. The second-order valence-corrected chi connectivity index (χ2v) is 10.2. The predicted octanol–water partition coefficient (Wildman–Crippen LogP) is 8.95. The van der Waals surface area contributed by atoms with Gasteiger partial charge < -0.3 is 9.47 Å². The van der Waals surface area contributed by atoms with Crippen LogP contribution in [-0.2, 0) is 22.1 Å². The zero-order valence-corrected chi connectivity index (χ0v) is 21.6. The smallest absolute Gasteiger partial charge is 0.410 e. The summed E-state index contributed by atoms with van der Waals surface area (Å²) in [4.78, 5) is 3.73. The van der Waals surface area contributed by atoms with E-state index in [0.29, 0.717) is 25.0 Å². The van der Waals surface area contributed by atoms with Gasteiger partial charge in [0.2, 0.25) is 0 Å². The molecule has 2 fully saturated rings. The molecule has 0 N–H and O–H groups in total. The number of hydrogen-bond acceptors (Lipinski definition) is 3. The Hall–Kier alpha value is -2.03. The molecule has 4 rings (SSSR count). The second-order valence-electron chi connectivity index (χ2n) is 10.2. The van der Waals surface area contributed by atoms with Crippen molar-refractivity contribution in [1.82, 2.24) is 4.98 Å². The number of rotatable bonds is 7. The van der Waals surface area contributed by atoms with Crippen LogP contribution in [0.3, 0.4) is 0 Å². The number of alkyl halides is 6. The first kappa shape index (κ1) is 29.5. The Labute approximate surface area is 215 Å². The van der Waals surface area contributed by atoms with Crippen molar-refractivity contribution in [2.24, 2.45) is 11.3 Å². The third-order valence-electron chi connectivity index (χ3n) is 7.79. The number of nitrogens with zero attached hydrogens (tertiary/aromatic N) is 1. The monoisotopic (exact) mass is 533 g/mol. The molecule has 1 aliphatic heterocycles. The summed E-state index contributed by atoms with van der Waals surface area (Å²) >= 11 is 0. The van der Waals surface area contributed by atoms with E-state index >= 15 is 0 Å². The van der Waals surface area contributed by atoms with Crippen LogP contribution < -0.4 is 0 Å². The van der Waals surface area contributed by atoms with Crippen molar-refractivity contribution in [2.75, 3.05) is 6.61 Å². The molecule has 2 atom stereocenters. The van der Waals surface area contributed by atoms with Crippen LogP contribution in [0.15, 0.2) is 42.4 Å². The van der Waals surface area contributed by atoms with Gasteiger partial charge in [-0.15, -0.1) is 13.2 Å². The minimum Gasteiger partial charge on any atom is -0.410 e. The highest BCUT2D eigenvalue weighted by Crippen LogP contribution is 2.55. The molecule has 1 aromatic rings. The fourth-order valence-electron chi connectivity index (χ4n) is 6.19. The van der Waals surface area contributed by atoms with Gasteiger partial charge in [-0.05, 0) is 74.0 Å². The molecule has 2 heterocycles. The lowest BCUT2D eigenvalue weighted by atomic mass is 9.60. The van der Waals surface area contributed by atoms with Gasteiger partial charge in [-0.3, -0.25) is 4.98 Å². The summed E-state index contributed by atoms with van der Waals surface area (Å²) in [7, 11) is 0. The fraction of sp³-hybridized carbons (Fsp3) is 0.679. The Kier molecular flexibility index (Phi) is 9.75. The summed E-state index contributed by atoms with van der Waals surface area (Å²) in [5, 5.41) is 0. The molecule has 0 amide bonds. The van der Waals surface area contributed by atoms with Crippen LogP contribution in [0.4, 0.5) is 26.3 Å². The quantitative estimate of drug-likeness (QED) is 0.259. The lowest BCUT2D eigenvalue weighted by Gasteiger charge is -2.50. The van der Waals surface area contributed by atoms with Crippen LogP contribution in [0.1, 0.15) is 89.2 Å². The lowest BCUT2D eigenvalue weighted by molar-refractivity contribution is -0.307. The highest BCUT2D eigenvalue weighted by Gasteiger charge is 2.50. The van der Waals surface area contributed by atoms with E-state index < -0.39 is 18.1 Å². The SMILES string of the molecule is CC.FC(F)(F)OC1=CC=C[C@H]([C@]2(CCCCc3cncc(C(F)(F)F)c3)CCOC3(CCCC3)C2)C1. The first-order chi connectivity index (χ1) is 17.5. The number of aryl methyl sites for hydroxylation is 1. The molecular formula is C28H37F6NO2. The zero-order valence-electron chi connectivity index (χ0n) is 21.6. The van der Waals surface area contributed by atoms with Gasteiger partial charge in [-0.1, -0.05) is 45.3 Å². The van der Waals surface area contributed by atoms with E-state index in [9.17, 15) is 26.3 Å². The van der Waals surface area contributed by atoms with Crippen LogP contribution in [-0.4, -0.2) is 23.6 Å². The molecule has 0 aromatic carbocycles. The molecule has 1 saturated heterocycles. The third-order valence-corrected chi connectivity index (χ3v) is 7.79. The molecule has 1 spiro atoms. The fourth-order valence-corrected chi connectivity index (χ4v) is 6.19. The number of pyridine rings is 1. The van der Waals surface area contributed by atoms with Gasteiger partial charge in [0.1, 0.15) is 5.76 Å². The molecule has 3 aliphatic rings. The normalized spacial score (nSPS) is 25.4. The van der Waals surface area contributed by atoms with Crippen molar-refractivity contribution in [2.45, 2.75) is 103 Å². The average molecular weight is 534 g/mol. The Morgan fingerprint density at radius 1 is 1.03 bits per heavy atom. The Bertz CT molecular complexity index is 933. The lowest BCUT2D eigenvalue weighted by Crippen LogP contribution is -2.47. The van der Waals surface area contributed by atoms with Crippen LogP contribution in [0.2, 0.25) is 0 Å². The molecule has 0 unspecified atom stereocenters. The second kappa shape index (κ2) is 12.2. The van der Waals surface area contributed by atoms with Crippen LogP contribution in [0.25, 0.3) is 0 Å². The number of allylic oxidation sites excluding steroid dienone is 4. The molecule has 3 nitrogen and oxygen atoms in total. The minimum absolute atomic E-state index is 0.0774. The molecule has 9 heteroatoms. The number of unbranched alkanes of at least 4 members (excludes halogenated alkanes) is 1. The predicted molar refractivity (Wildman–Crippen MR) is 129 cm³/mol. The van der Waals surface area contributed by atoms with E-state index in [0.717, 1.165) is 63.6 Å². The third kappa shape index (κ3) is 7.98. The van der Waals surface area contributed by atoms with Crippen molar-refractivity contribution < 1.29 is 35.8 Å². The van der Waals surface area contributed by atoms with Gasteiger partial charge in [-0.25, -0.2) is 0 Å². The maximum Gasteiger partial charge on any atom is 0.572 e. The standard InChI is InChI=1S/C26H31F6NO2.C2H6/c27-25(28,29)21-14-19(16-33-17-21)6-1-2-9-23(12-13-34-24(18-23)10-3-4-11-24)20-7-5-8-22(15-20)35-26(30,31)32;1-2/h5,7-8,14,16-17,20H,1-4,6,9-13,15,18H2;1-2H3/t20-,23+;/m0./s1. The molecule has 1 aromatic heterocycles. The molecule has 1 saturated carbocycles. The van der Waals surface area contributed by atoms with Crippen LogP contribution in [0, 0.1) is 11.3 Å². The number of ether oxygens (including phenoxy) is 2. The Balaban J connectivity index is 0.00000186. The summed E-state index contributed by atoms with van der Waals surface area (Å²) < 4.78 is 88.1. The summed E-state index contributed by atoms with van der Waals surface area (Å²) in [6.45, 7) is 4.57. The maximum atomic E-state index is 13.0. The average Bonchev–Trinajstić information content (AvgIpc) is 3.29. The van der Waals surface area contributed by atoms with E-state index in [-0.39, 0.29) is 29.1 Å². The molecule has 37 heavy (non-hydrogen) atoms. The van der Waals surface area contributed by atoms with Gasteiger partial charge >= 0.3 is 12.5 Å². The van der Waals surface area contributed by atoms with Crippen molar-refractivity contribution in [3.05, 3.63) is 53.6 Å². The van der Waals surface area contributed by atoms with Crippen molar-refractivity contribution in [1.29, 1.82) is 0 Å². The van der Waals surface area contributed by atoms with E-state index in [4.69, 9.17) is 4.74 Å². The van der Waals surface area contributed by atoms with Crippen molar-refractivity contribution in [3.63, 3.8) is 0 Å². The van der Waals surface area contributed by atoms with E-state index in [1.807, 2.05) is 19.9 Å². The highest BCUT2D eigenvalue weighted by atomic mass is 19.4. The summed E-state index contributed by atoms with van der Waals surface area (Å²) in [6, 6.07) is 1.14. The number of halogens is 6. The summed E-state index contributed by atoms with van der Waals surface area (Å²) in [5.74, 6) is -0.187. The van der Waals surface area contributed by atoms with Crippen molar-refractivity contribution >= 4 is 0 Å².